The first kappa shape index (κ1) is 18.9. The lowest BCUT2D eigenvalue weighted by atomic mass is 10.0. The molecule has 0 spiro atoms. The molecular formula is C19H16F4N6. The molecule has 2 aromatic heterocycles. The van der Waals surface area contributed by atoms with E-state index in [1.165, 1.54) is 6.07 Å². The van der Waals surface area contributed by atoms with Crippen LogP contribution >= 0.6 is 0 Å². The highest BCUT2D eigenvalue weighted by molar-refractivity contribution is 5.62. The number of fused-ring (bicyclic) bond motifs is 1. The van der Waals surface area contributed by atoms with E-state index in [4.69, 9.17) is 0 Å². The minimum absolute atomic E-state index is 0.152. The van der Waals surface area contributed by atoms with Crippen LogP contribution in [-0.2, 0) is 19.1 Å². The van der Waals surface area contributed by atoms with E-state index >= 15 is 0 Å². The smallest absolute Gasteiger partial charge is 0.366 e. The third kappa shape index (κ3) is 4.20. The number of rotatable bonds is 5. The van der Waals surface area contributed by atoms with Crippen molar-refractivity contribution in [1.29, 1.82) is 0 Å². The highest BCUT2D eigenvalue weighted by Crippen LogP contribution is 2.28. The second kappa shape index (κ2) is 7.53. The van der Waals surface area contributed by atoms with E-state index in [1.807, 2.05) is 12.4 Å². The molecule has 10 heteroatoms. The quantitative estimate of drug-likeness (QED) is 0.528. The fourth-order valence-electron chi connectivity index (χ4n) is 3.01. The number of pyridine rings is 2. The zero-order valence-electron chi connectivity index (χ0n) is 15.0. The number of alkyl halides is 3. The molecule has 3 N–H and O–H groups in total. The first-order chi connectivity index (χ1) is 13.9. The van der Waals surface area contributed by atoms with E-state index in [-0.39, 0.29) is 18.5 Å². The largest absolute Gasteiger partial charge is 0.433 e. The molecular weight excluding hydrogens is 388 g/mol. The lowest BCUT2D eigenvalue weighted by Gasteiger charge is -2.15. The predicted octanol–water partition coefficient (Wildman–Crippen LogP) is 3.12. The topological polar surface area (TPSA) is 74.2 Å². The van der Waals surface area contributed by atoms with Crippen molar-refractivity contribution in [2.45, 2.75) is 25.3 Å². The van der Waals surface area contributed by atoms with Gasteiger partial charge in [0.05, 0.1) is 6.34 Å². The van der Waals surface area contributed by atoms with Gasteiger partial charge in [0.1, 0.15) is 17.7 Å². The minimum atomic E-state index is -4.48. The summed E-state index contributed by atoms with van der Waals surface area (Å²) in [5.74, 6) is -0.330. The molecule has 2 aliphatic rings. The number of hydrogen-bond donors (Lipinski definition) is 3. The van der Waals surface area contributed by atoms with Crippen molar-refractivity contribution in [3.8, 4) is 0 Å². The standard InChI is InChI=1S/C19H16F4N6/c20-17-12(5-13-8-27-18-14(13)9-24-10-28-18)2-4-16(29-17)26-7-11-1-3-15(25-6-11)19(21,22)23/h1-4,6,8-10,18,27H,5,7H2,(H,24,28)(H,26,29). The minimum Gasteiger partial charge on any atom is -0.366 e. The fourth-order valence-corrected chi connectivity index (χ4v) is 3.01. The maximum Gasteiger partial charge on any atom is 0.433 e. The van der Waals surface area contributed by atoms with Crippen molar-refractivity contribution >= 4 is 12.2 Å². The number of anilines is 1. The summed E-state index contributed by atoms with van der Waals surface area (Å²) >= 11 is 0. The molecule has 0 aromatic carbocycles. The van der Waals surface area contributed by atoms with Crippen LogP contribution in [0.1, 0.15) is 16.8 Å². The maximum absolute atomic E-state index is 14.4. The molecule has 150 valence electrons. The van der Waals surface area contributed by atoms with Crippen LogP contribution in [0.3, 0.4) is 0 Å². The van der Waals surface area contributed by atoms with Crippen molar-refractivity contribution in [2.24, 2.45) is 4.99 Å². The van der Waals surface area contributed by atoms with E-state index in [0.29, 0.717) is 17.5 Å². The molecule has 1 atom stereocenters. The summed E-state index contributed by atoms with van der Waals surface area (Å²) in [4.78, 5) is 11.5. The monoisotopic (exact) mass is 404 g/mol. The van der Waals surface area contributed by atoms with Crippen molar-refractivity contribution in [1.82, 2.24) is 20.6 Å². The Bertz CT molecular complexity index is 995. The van der Waals surface area contributed by atoms with Crippen LogP contribution in [-0.4, -0.2) is 22.5 Å². The van der Waals surface area contributed by atoms with Gasteiger partial charge in [-0.1, -0.05) is 12.1 Å². The SMILES string of the molecule is Fc1nc(NCc2ccc(C(F)(F)F)nc2)ccc1CC1=CNC2N=CNC=C12. The number of nitrogens with zero attached hydrogens (tertiary/aromatic N) is 3. The Hall–Kier alpha value is -3.43. The second-order valence-electron chi connectivity index (χ2n) is 6.51. The molecule has 2 aromatic rings. The Labute approximate surface area is 163 Å². The molecule has 4 heterocycles. The summed E-state index contributed by atoms with van der Waals surface area (Å²) in [6, 6.07) is 5.48. The van der Waals surface area contributed by atoms with Gasteiger partial charge in [-0.3, -0.25) is 4.98 Å². The highest BCUT2D eigenvalue weighted by Gasteiger charge is 2.32. The van der Waals surface area contributed by atoms with Gasteiger partial charge >= 0.3 is 6.18 Å². The van der Waals surface area contributed by atoms with Crippen LogP contribution in [0.2, 0.25) is 0 Å². The zero-order valence-corrected chi connectivity index (χ0v) is 15.0. The van der Waals surface area contributed by atoms with Gasteiger partial charge in [-0.2, -0.15) is 17.6 Å². The molecule has 0 bridgehead atoms. The van der Waals surface area contributed by atoms with E-state index in [1.54, 1.807) is 18.5 Å². The fraction of sp³-hybridized carbons (Fsp3) is 0.211. The van der Waals surface area contributed by atoms with Crippen molar-refractivity contribution in [3.05, 3.63) is 76.8 Å². The molecule has 0 radical (unpaired) electrons. The summed E-state index contributed by atoms with van der Waals surface area (Å²) in [6.45, 7) is 0.171. The third-order valence-corrected chi connectivity index (χ3v) is 4.51. The molecule has 0 fully saturated rings. The Kier molecular flexibility index (Phi) is 4.91. The van der Waals surface area contributed by atoms with Crippen molar-refractivity contribution < 1.29 is 17.6 Å². The third-order valence-electron chi connectivity index (χ3n) is 4.51. The maximum atomic E-state index is 14.4. The van der Waals surface area contributed by atoms with E-state index < -0.39 is 17.8 Å². The lowest BCUT2D eigenvalue weighted by molar-refractivity contribution is -0.141. The zero-order chi connectivity index (χ0) is 20.4. The molecule has 0 aliphatic carbocycles. The predicted molar refractivity (Wildman–Crippen MR) is 99.2 cm³/mol. The van der Waals surface area contributed by atoms with Gasteiger partial charge < -0.3 is 16.0 Å². The van der Waals surface area contributed by atoms with Crippen LogP contribution < -0.4 is 16.0 Å². The van der Waals surface area contributed by atoms with Crippen LogP contribution in [0.4, 0.5) is 23.4 Å². The molecule has 4 rings (SSSR count). The van der Waals surface area contributed by atoms with E-state index in [2.05, 4.69) is 30.9 Å². The summed E-state index contributed by atoms with van der Waals surface area (Å²) in [5, 5.41) is 8.92. The van der Waals surface area contributed by atoms with Gasteiger partial charge in [-0.15, -0.1) is 0 Å². The van der Waals surface area contributed by atoms with Gasteiger partial charge in [0.15, 0.2) is 0 Å². The van der Waals surface area contributed by atoms with Gasteiger partial charge in [0.2, 0.25) is 5.95 Å². The van der Waals surface area contributed by atoms with E-state index in [0.717, 1.165) is 23.4 Å². The highest BCUT2D eigenvalue weighted by atomic mass is 19.4. The molecule has 0 amide bonds. The Balaban J connectivity index is 1.38. The second-order valence-corrected chi connectivity index (χ2v) is 6.51. The molecule has 6 nitrogen and oxygen atoms in total. The van der Waals surface area contributed by atoms with Crippen LogP contribution in [0.15, 0.2) is 59.0 Å². The van der Waals surface area contributed by atoms with Gasteiger partial charge in [-0.05, 0) is 23.3 Å². The molecule has 1 unspecified atom stereocenters. The first-order valence-electron chi connectivity index (χ1n) is 8.75. The van der Waals surface area contributed by atoms with Gasteiger partial charge in [-0.25, -0.2) is 9.98 Å². The normalized spacial score (nSPS) is 17.7. The molecule has 29 heavy (non-hydrogen) atoms. The summed E-state index contributed by atoms with van der Waals surface area (Å²) in [5.41, 5.74) is 1.85. The van der Waals surface area contributed by atoms with Crippen molar-refractivity contribution in [2.75, 3.05) is 5.32 Å². The molecule has 0 saturated carbocycles. The number of aromatic nitrogens is 2. The van der Waals surface area contributed by atoms with Crippen molar-refractivity contribution in [3.63, 3.8) is 0 Å². The number of nitrogens with one attached hydrogen (secondary N) is 3. The van der Waals surface area contributed by atoms with Crippen LogP contribution in [0, 0.1) is 5.95 Å². The number of hydrogen-bond acceptors (Lipinski definition) is 6. The lowest BCUT2D eigenvalue weighted by Crippen LogP contribution is -2.25. The number of aliphatic imine (C=N–C) groups is 1. The Morgan fingerprint density at radius 3 is 2.69 bits per heavy atom. The first-order valence-corrected chi connectivity index (χ1v) is 8.75. The summed E-state index contributed by atoms with van der Waals surface area (Å²) in [6.07, 6.45) is 2.08. The molecule has 0 saturated heterocycles. The average Bonchev–Trinajstić information content (AvgIpc) is 3.11. The average molecular weight is 404 g/mol. The van der Waals surface area contributed by atoms with Gasteiger partial charge in [0, 0.05) is 42.7 Å². The molecule has 2 aliphatic heterocycles. The number of halogens is 4. The van der Waals surface area contributed by atoms with Crippen LogP contribution in [0.5, 0.6) is 0 Å². The van der Waals surface area contributed by atoms with Gasteiger partial charge in [0.25, 0.3) is 0 Å². The van der Waals surface area contributed by atoms with Crippen LogP contribution in [0.25, 0.3) is 0 Å². The summed E-state index contributed by atoms with van der Waals surface area (Å²) in [7, 11) is 0. The Morgan fingerprint density at radius 1 is 1.10 bits per heavy atom. The summed E-state index contributed by atoms with van der Waals surface area (Å²) < 4.78 is 52.1. The Morgan fingerprint density at radius 2 is 1.97 bits per heavy atom. The van der Waals surface area contributed by atoms with E-state index in [9.17, 15) is 17.6 Å².